The summed E-state index contributed by atoms with van der Waals surface area (Å²) in [5.41, 5.74) is -0.0619. The van der Waals surface area contributed by atoms with Gasteiger partial charge in [0.2, 0.25) is 11.5 Å². The van der Waals surface area contributed by atoms with Gasteiger partial charge in [-0.25, -0.2) is 4.39 Å². The van der Waals surface area contributed by atoms with Gasteiger partial charge >= 0.3 is 5.69 Å². The lowest BCUT2D eigenvalue weighted by Gasteiger charge is -2.14. The maximum Gasteiger partial charge on any atom is 0.311 e. The van der Waals surface area contributed by atoms with E-state index in [2.05, 4.69) is 0 Å². The molecule has 5 nitrogen and oxygen atoms in total. The molecule has 1 atom stereocenters. The van der Waals surface area contributed by atoms with Gasteiger partial charge in [0.1, 0.15) is 5.82 Å². The minimum Gasteiger partial charge on any atom is -0.475 e. The lowest BCUT2D eigenvalue weighted by Crippen LogP contribution is -2.24. The highest BCUT2D eigenvalue weighted by molar-refractivity contribution is 6.30. The topological polar surface area (TPSA) is 69.4 Å². The average molecular weight is 324 g/mol. The molecule has 22 heavy (non-hydrogen) atoms. The molecule has 114 valence electrons. The molecular weight excluding hydrogens is 313 g/mol. The number of hydrogen-bond donors (Lipinski definition) is 0. The monoisotopic (exact) mass is 323 g/mol. The van der Waals surface area contributed by atoms with Crippen molar-refractivity contribution in [3.8, 4) is 5.75 Å². The molecule has 0 amide bonds. The van der Waals surface area contributed by atoms with Crippen LogP contribution in [-0.4, -0.2) is 16.8 Å². The lowest BCUT2D eigenvalue weighted by molar-refractivity contribution is -0.386. The van der Waals surface area contributed by atoms with Crippen LogP contribution in [-0.2, 0) is 0 Å². The van der Waals surface area contributed by atoms with Crippen LogP contribution in [0, 0.1) is 15.9 Å². The normalized spacial score (nSPS) is 11.8. The van der Waals surface area contributed by atoms with E-state index < -0.39 is 28.3 Å². The number of nitro groups is 1. The predicted molar refractivity (Wildman–Crippen MR) is 78.9 cm³/mol. The Hall–Kier alpha value is -2.47. The molecule has 0 unspecified atom stereocenters. The van der Waals surface area contributed by atoms with Crippen molar-refractivity contribution >= 4 is 23.1 Å². The van der Waals surface area contributed by atoms with Crippen LogP contribution in [0.15, 0.2) is 42.5 Å². The zero-order chi connectivity index (χ0) is 16.3. The Kier molecular flexibility index (Phi) is 4.72. The molecule has 0 fully saturated rings. The summed E-state index contributed by atoms with van der Waals surface area (Å²) in [5.74, 6) is -1.37. The summed E-state index contributed by atoms with van der Waals surface area (Å²) in [5, 5.41) is 11.4. The third-order valence-corrected chi connectivity index (χ3v) is 3.17. The quantitative estimate of drug-likeness (QED) is 0.473. The fraction of sp³-hybridized carbons (Fsp3) is 0.133. The Bertz CT molecular complexity index is 718. The number of carbonyl (C=O) groups is 1. The molecule has 0 bridgehead atoms. The number of carbonyl (C=O) groups excluding carboxylic acids is 1. The average Bonchev–Trinajstić information content (AvgIpc) is 2.47. The van der Waals surface area contributed by atoms with Crippen molar-refractivity contribution < 1.29 is 18.8 Å². The van der Waals surface area contributed by atoms with Crippen molar-refractivity contribution in [2.24, 2.45) is 0 Å². The van der Waals surface area contributed by atoms with E-state index in [1.807, 2.05) is 0 Å². The molecule has 0 radical (unpaired) electrons. The molecule has 0 aliphatic rings. The number of rotatable bonds is 5. The number of benzene rings is 2. The van der Waals surface area contributed by atoms with Crippen molar-refractivity contribution in [3.63, 3.8) is 0 Å². The van der Waals surface area contributed by atoms with Crippen molar-refractivity contribution in [1.82, 2.24) is 0 Å². The summed E-state index contributed by atoms with van der Waals surface area (Å²) >= 11 is 5.74. The number of ketones is 1. The number of nitro benzene ring substituents is 1. The van der Waals surface area contributed by atoms with Crippen LogP contribution in [0.1, 0.15) is 17.3 Å². The predicted octanol–water partition coefficient (Wildman–Crippen LogP) is 4.04. The van der Waals surface area contributed by atoms with Gasteiger partial charge in [0.05, 0.1) is 4.92 Å². The highest BCUT2D eigenvalue weighted by Crippen LogP contribution is 2.29. The molecule has 0 saturated heterocycles. The minimum absolute atomic E-state index is 0.292. The summed E-state index contributed by atoms with van der Waals surface area (Å²) in [6.45, 7) is 1.44. The van der Waals surface area contributed by atoms with Crippen LogP contribution >= 0.6 is 11.6 Å². The van der Waals surface area contributed by atoms with Crippen LogP contribution in [0.3, 0.4) is 0 Å². The first-order valence-corrected chi connectivity index (χ1v) is 6.66. The van der Waals surface area contributed by atoms with Crippen molar-refractivity contribution in [2.45, 2.75) is 13.0 Å². The van der Waals surface area contributed by atoms with Gasteiger partial charge in [0, 0.05) is 22.7 Å². The Labute approximate surface area is 130 Å². The molecule has 2 aromatic carbocycles. The molecule has 0 saturated carbocycles. The van der Waals surface area contributed by atoms with Gasteiger partial charge in [-0.05, 0) is 37.3 Å². The number of halogens is 2. The molecule has 0 N–H and O–H groups in total. The Morgan fingerprint density at radius 3 is 2.50 bits per heavy atom. The SMILES string of the molecule is C[C@@H](Oc1cc(F)ccc1[N+](=O)[O-])C(=O)c1ccc(Cl)cc1. The number of ether oxygens (including phenoxy) is 1. The molecule has 0 heterocycles. The van der Waals surface area contributed by atoms with Gasteiger partial charge in [-0.15, -0.1) is 0 Å². The Morgan fingerprint density at radius 1 is 1.27 bits per heavy atom. The highest BCUT2D eigenvalue weighted by atomic mass is 35.5. The largest absolute Gasteiger partial charge is 0.475 e. The van der Waals surface area contributed by atoms with Crippen LogP contribution in [0.4, 0.5) is 10.1 Å². The van der Waals surface area contributed by atoms with E-state index in [4.69, 9.17) is 16.3 Å². The molecule has 0 aliphatic carbocycles. The second kappa shape index (κ2) is 6.53. The van der Waals surface area contributed by atoms with Crippen LogP contribution in [0.5, 0.6) is 5.75 Å². The van der Waals surface area contributed by atoms with Crippen LogP contribution in [0.2, 0.25) is 5.02 Å². The van der Waals surface area contributed by atoms with E-state index in [0.717, 1.165) is 18.2 Å². The van der Waals surface area contributed by atoms with E-state index in [0.29, 0.717) is 10.6 Å². The zero-order valence-electron chi connectivity index (χ0n) is 11.5. The fourth-order valence-corrected chi connectivity index (χ4v) is 1.95. The first kappa shape index (κ1) is 15.9. The van der Waals surface area contributed by atoms with Gasteiger partial charge in [-0.1, -0.05) is 11.6 Å². The number of nitrogens with zero attached hydrogens (tertiary/aromatic N) is 1. The third kappa shape index (κ3) is 3.59. The summed E-state index contributed by atoms with van der Waals surface area (Å²) in [6, 6.07) is 8.96. The Balaban J connectivity index is 2.23. The molecule has 0 aromatic heterocycles. The van der Waals surface area contributed by atoms with Crippen molar-refractivity contribution in [1.29, 1.82) is 0 Å². The summed E-state index contributed by atoms with van der Waals surface area (Å²) < 4.78 is 18.5. The number of Topliss-reactive ketones (excluding diaryl/α,β-unsaturated/α-hetero) is 1. The third-order valence-electron chi connectivity index (χ3n) is 2.92. The van der Waals surface area contributed by atoms with Gasteiger partial charge < -0.3 is 4.74 Å². The van der Waals surface area contributed by atoms with Crippen LogP contribution in [0.25, 0.3) is 0 Å². The van der Waals surface area contributed by atoms with E-state index in [1.165, 1.54) is 19.1 Å². The molecule has 2 aromatic rings. The molecule has 7 heteroatoms. The maximum atomic E-state index is 13.2. The van der Waals surface area contributed by atoms with E-state index in [9.17, 15) is 19.3 Å². The molecular formula is C15H11ClFNO4. The molecule has 0 spiro atoms. The Morgan fingerprint density at radius 2 is 1.91 bits per heavy atom. The minimum atomic E-state index is -1.01. The number of hydrogen-bond acceptors (Lipinski definition) is 4. The van der Waals surface area contributed by atoms with Gasteiger partial charge in [0.25, 0.3) is 0 Å². The molecule has 0 aliphatic heterocycles. The van der Waals surface area contributed by atoms with E-state index >= 15 is 0 Å². The van der Waals surface area contributed by atoms with Gasteiger partial charge in [0.15, 0.2) is 6.10 Å². The standard InChI is InChI=1S/C15H11ClFNO4/c1-9(15(19)10-2-4-11(16)5-3-10)22-14-8-12(17)6-7-13(14)18(20)21/h2-9H,1H3/t9-/m1/s1. The van der Waals surface area contributed by atoms with Gasteiger partial charge in [-0.2, -0.15) is 0 Å². The van der Waals surface area contributed by atoms with Crippen molar-refractivity contribution in [2.75, 3.05) is 0 Å². The summed E-state index contributed by atoms with van der Waals surface area (Å²) in [6.07, 6.45) is -1.01. The molecule has 2 rings (SSSR count). The zero-order valence-corrected chi connectivity index (χ0v) is 12.2. The first-order chi connectivity index (χ1) is 10.4. The summed E-state index contributed by atoms with van der Waals surface area (Å²) in [4.78, 5) is 22.4. The van der Waals surface area contributed by atoms with E-state index in [1.54, 1.807) is 12.1 Å². The summed E-state index contributed by atoms with van der Waals surface area (Å²) in [7, 11) is 0. The fourth-order valence-electron chi connectivity index (χ4n) is 1.83. The second-order valence-electron chi connectivity index (χ2n) is 4.50. The van der Waals surface area contributed by atoms with Gasteiger partial charge in [-0.3, -0.25) is 14.9 Å². The highest BCUT2D eigenvalue weighted by Gasteiger charge is 2.22. The lowest BCUT2D eigenvalue weighted by atomic mass is 10.1. The smallest absolute Gasteiger partial charge is 0.311 e. The maximum absolute atomic E-state index is 13.2. The van der Waals surface area contributed by atoms with Crippen LogP contribution < -0.4 is 4.74 Å². The second-order valence-corrected chi connectivity index (χ2v) is 4.94. The first-order valence-electron chi connectivity index (χ1n) is 6.29. The van der Waals surface area contributed by atoms with E-state index in [-0.39, 0.29) is 5.75 Å². The van der Waals surface area contributed by atoms with Crippen molar-refractivity contribution in [3.05, 3.63) is 69.0 Å².